The average Bonchev–Trinajstić information content (AvgIpc) is 2.55. The molecule has 0 fully saturated rings. The SMILES string of the molecule is O=C(Nc1cccc2ccccc12)OCc1c(Cl)cccc1Cl. The Balaban J connectivity index is 1.72. The van der Waals surface area contributed by atoms with Crippen molar-refractivity contribution in [1.29, 1.82) is 0 Å². The summed E-state index contributed by atoms with van der Waals surface area (Å²) in [5.41, 5.74) is 1.28. The molecular formula is C18H13Cl2NO2. The zero-order valence-corrected chi connectivity index (χ0v) is 13.6. The summed E-state index contributed by atoms with van der Waals surface area (Å²) in [6.07, 6.45) is -0.558. The second-order valence-corrected chi connectivity index (χ2v) is 5.74. The van der Waals surface area contributed by atoms with Crippen molar-refractivity contribution in [3.8, 4) is 0 Å². The predicted molar refractivity (Wildman–Crippen MR) is 94.2 cm³/mol. The number of amides is 1. The second-order valence-electron chi connectivity index (χ2n) is 4.93. The van der Waals surface area contributed by atoms with Crippen LogP contribution < -0.4 is 5.32 Å². The van der Waals surface area contributed by atoms with Crippen molar-refractivity contribution in [2.45, 2.75) is 6.61 Å². The van der Waals surface area contributed by atoms with Gasteiger partial charge in [0, 0.05) is 21.0 Å². The molecule has 0 aliphatic carbocycles. The molecule has 0 bridgehead atoms. The molecule has 3 nitrogen and oxygen atoms in total. The molecule has 5 heteroatoms. The third-order valence-electron chi connectivity index (χ3n) is 3.44. The van der Waals surface area contributed by atoms with Gasteiger partial charge < -0.3 is 4.74 Å². The molecule has 0 radical (unpaired) electrons. The van der Waals surface area contributed by atoms with E-state index in [-0.39, 0.29) is 6.61 Å². The van der Waals surface area contributed by atoms with Crippen molar-refractivity contribution in [3.05, 3.63) is 76.3 Å². The van der Waals surface area contributed by atoms with E-state index in [0.717, 1.165) is 10.8 Å². The number of hydrogen-bond donors (Lipinski definition) is 1. The van der Waals surface area contributed by atoms with Gasteiger partial charge >= 0.3 is 6.09 Å². The number of carbonyl (C=O) groups excluding carboxylic acids is 1. The number of halogens is 2. The average molecular weight is 346 g/mol. The van der Waals surface area contributed by atoms with Gasteiger partial charge in [0.05, 0.1) is 5.69 Å². The molecule has 116 valence electrons. The summed E-state index contributed by atoms with van der Waals surface area (Å²) in [7, 11) is 0. The molecule has 0 unspecified atom stereocenters. The first-order chi connectivity index (χ1) is 11.1. The zero-order valence-electron chi connectivity index (χ0n) is 12.1. The van der Waals surface area contributed by atoms with Crippen LogP contribution in [0, 0.1) is 0 Å². The quantitative estimate of drug-likeness (QED) is 0.642. The summed E-state index contributed by atoms with van der Waals surface area (Å²) < 4.78 is 5.22. The molecule has 1 amide bonds. The second kappa shape index (κ2) is 6.90. The topological polar surface area (TPSA) is 38.3 Å². The Labute approximate surface area is 143 Å². The number of nitrogens with one attached hydrogen (secondary N) is 1. The fourth-order valence-electron chi connectivity index (χ4n) is 2.29. The molecule has 0 aliphatic heterocycles. The van der Waals surface area contributed by atoms with Gasteiger partial charge in [-0.1, -0.05) is 65.7 Å². The van der Waals surface area contributed by atoms with E-state index in [4.69, 9.17) is 27.9 Å². The van der Waals surface area contributed by atoms with E-state index in [9.17, 15) is 4.79 Å². The zero-order chi connectivity index (χ0) is 16.2. The van der Waals surface area contributed by atoms with Gasteiger partial charge in [-0.25, -0.2) is 4.79 Å². The van der Waals surface area contributed by atoms with E-state index in [1.54, 1.807) is 18.2 Å². The molecule has 0 aliphatic rings. The minimum atomic E-state index is -0.558. The molecule has 0 heterocycles. The maximum atomic E-state index is 12.0. The van der Waals surface area contributed by atoms with Crippen molar-refractivity contribution in [3.63, 3.8) is 0 Å². The summed E-state index contributed by atoms with van der Waals surface area (Å²) in [6, 6.07) is 18.6. The molecule has 0 atom stereocenters. The molecule has 3 aromatic rings. The molecular weight excluding hydrogens is 333 g/mol. The lowest BCUT2D eigenvalue weighted by Gasteiger charge is -2.11. The maximum absolute atomic E-state index is 12.0. The van der Waals surface area contributed by atoms with E-state index in [2.05, 4.69) is 5.32 Å². The lowest BCUT2D eigenvalue weighted by Crippen LogP contribution is -2.14. The van der Waals surface area contributed by atoms with Crippen molar-refractivity contribution in [2.75, 3.05) is 5.32 Å². The highest BCUT2D eigenvalue weighted by Crippen LogP contribution is 2.26. The molecule has 23 heavy (non-hydrogen) atoms. The van der Waals surface area contributed by atoms with Gasteiger partial charge in [0.15, 0.2) is 0 Å². The van der Waals surface area contributed by atoms with E-state index < -0.39 is 6.09 Å². The highest BCUT2D eigenvalue weighted by Gasteiger charge is 2.10. The molecule has 0 saturated carbocycles. The first kappa shape index (κ1) is 15.7. The fourth-order valence-corrected chi connectivity index (χ4v) is 2.79. The number of benzene rings is 3. The van der Waals surface area contributed by atoms with Gasteiger partial charge in [-0.2, -0.15) is 0 Å². The first-order valence-corrected chi connectivity index (χ1v) is 7.75. The highest BCUT2D eigenvalue weighted by atomic mass is 35.5. The van der Waals surface area contributed by atoms with Gasteiger partial charge in [0.2, 0.25) is 0 Å². The molecule has 3 rings (SSSR count). The largest absolute Gasteiger partial charge is 0.444 e. The van der Waals surface area contributed by atoms with Gasteiger partial charge in [-0.3, -0.25) is 5.32 Å². The number of anilines is 1. The number of ether oxygens (including phenoxy) is 1. The van der Waals surface area contributed by atoms with Crippen LogP contribution in [0.15, 0.2) is 60.7 Å². The van der Waals surface area contributed by atoms with Gasteiger partial charge in [0.1, 0.15) is 6.61 Å². The van der Waals surface area contributed by atoms with Crippen LogP contribution in [0.2, 0.25) is 10.0 Å². The number of fused-ring (bicyclic) bond motifs is 1. The molecule has 3 aromatic carbocycles. The van der Waals surface area contributed by atoms with Gasteiger partial charge in [-0.05, 0) is 23.6 Å². The van der Waals surface area contributed by atoms with Crippen LogP contribution in [-0.4, -0.2) is 6.09 Å². The molecule has 0 aromatic heterocycles. The Morgan fingerprint density at radius 1 is 0.913 bits per heavy atom. The number of carbonyl (C=O) groups is 1. The van der Waals surface area contributed by atoms with Crippen molar-refractivity contribution in [1.82, 2.24) is 0 Å². The lowest BCUT2D eigenvalue weighted by molar-refractivity contribution is 0.155. The van der Waals surface area contributed by atoms with Crippen molar-refractivity contribution < 1.29 is 9.53 Å². The Kier molecular flexibility index (Phi) is 4.70. The predicted octanol–water partition coefficient (Wildman–Crippen LogP) is 5.90. The van der Waals surface area contributed by atoms with Crippen LogP contribution in [0.1, 0.15) is 5.56 Å². The molecule has 0 saturated heterocycles. The summed E-state index contributed by atoms with van der Waals surface area (Å²) in [4.78, 5) is 12.0. The molecule has 1 N–H and O–H groups in total. The van der Waals surface area contributed by atoms with Crippen LogP contribution in [0.5, 0.6) is 0 Å². The minimum Gasteiger partial charge on any atom is -0.444 e. The molecule has 0 spiro atoms. The normalized spacial score (nSPS) is 10.5. The van der Waals surface area contributed by atoms with Gasteiger partial charge in [0.25, 0.3) is 0 Å². The maximum Gasteiger partial charge on any atom is 0.411 e. The Morgan fingerprint density at radius 3 is 2.35 bits per heavy atom. The fraction of sp³-hybridized carbons (Fsp3) is 0.0556. The first-order valence-electron chi connectivity index (χ1n) is 6.99. The van der Waals surface area contributed by atoms with Crippen molar-refractivity contribution in [2.24, 2.45) is 0 Å². The lowest BCUT2D eigenvalue weighted by atomic mass is 10.1. The van der Waals surface area contributed by atoms with E-state index in [1.165, 1.54) is 0 Å². The van der Waals surface area contributed by atoms with Crippen LogP contribution in [0.3, 0.4) is 0 Å². The summed E-state index contributed by atoms with van der Waals surface area (Å²) >= 11 is 12.1. The third kappa shape index (κ3) is 3.58. The van der Waals surface area contributed by atoms with E-state index in [0.29, 0.717) is 21.3 Å². The monoisotopic (exact) mass is 345 g/mol. The van der Waals surface area contributed by atoms with Crippen LogP contribution in [0.25, 0.3) is 10.8 Å². The Bertz CT molecular complexity index is 839. The van der Waals surface area contributed by atoms with Gasteiger partial charge in [-0.15, -0.1) is 0 Å². The number of hydrogen-bond acceptors (Lipinski definition) is 2. The Morgan fingerprint density at radius 2 is 1.57 bits per heavy atom. The summed E-state index contributed by atoms with van der Waals surface area (Å²) in [5, 5.41) is 5.67. The minimum absolute atomic E-state index is 0.00903. The van der Waals surface area contributed by atoms with Crippen LogP contribution in [-0.2, 0) is 11.3 Å². The van der Waals surface area contributed by atoms with Crippen LogP contribution >= 0.6 is 23.2 Å². The number of rotatable bonds is 3. The van der Waals surface area contributed by atoms with Crippen molar-refractivity contribution >= 4 is 45.8 Å². The standard InChI is InChI=1S/C18H13Cl2NO2/c19-15-8-4-9-16(20)14(15)11-23-18(22)21-17-10-3-6-12-5-1-2-7-13(12)17/h1-10H,11H2,(H,21,22). The van der Waals surface area contributed by atoms with E-state index in [1.807, 2.05) is 42.5 Å². The van der Waals surface area contributed by atoms with Crippen LogP contribution in [0.4, 0.5) is 10.5 Å². The summed E-state index contributed by atoms with van der Waals surface area (Å²) in [6.45, 7) is 0.00903. The smallest absolute Gasteiger partial charge is 0.411 e. The van der Waals surface area contributed by atoms with E-state index >= 15 is 0 Å². The summed E-state index contributed by atoms with van der Waals surface area (Å²) in [5.74, 6) is 0. The highest BCUT2D eigenvalue weighted by molar-refractivity contribution is 6.35. The third-order valence-corrected chi connectivity index (χ3v) is 4.14. The Hall–Kier alpha value is -2.23.